The standard InChI is InChI=1S/C29H41N3O5/c1-5-36-23-16-32(24-22(33)17-37-25(23)24)28(35)26(29(2,3)4)30-27(34)20-8-6-18(7-9-20)19-12-14-31(15-13-19)21-10-11-21/h6-9,19,21,23-26H,5,10-17H2,1-4H3,(H,30,34)/t23-,24+,25+,26?/m0/s1. The number of ketones is 1. The summed E-state index contributed by atoms with van der Waals surface area (Å²) in [5, 5.41) is 2.99. The Hall–Kier alpha value is -2.29. The summed E-state index contributed by atoms with van der Waals surface area (Å²) in [5.41, 5.74) is 1.26. The third-order valence-corrected chi connectivity index (χ3v) is 8.43. The summed E-state index contributed by atoms with van der Waals surface area (Å²) in [4.78, 5) is 43.8. The number of benzene rings is 1. The Morgan fingerprint density at radius 3 is 2.38 bits per heavy atom. The van der Waals surface area contributed by atoms with E-state index in [1.807, 2.05) is 39.8 Å². The lowest BCUT2D eigenvalue weighted by Gasteiger charge is -2.35. The minimum atomic E-state index is -0.791. The number of fused-ring (bicyclic) bond motifs is 1. The van der Waals surface area contributed by atoms with E-state index in [-0.39, 0.29) is 36.9 Å². The van der Waals surface area contributed by atoms with Crippen molar-refractivity contribution in [2.24, 2.45) is 5.41 Å². The maximum absolute atomic E-state index is 13.8. The Bertz CT molecular complexity index is 1010. The van der Waals surface area contributed by atoms with Gasteiger partial charge in [0, 0.05) is 18.2 Å². The Morgan fingerprint density at radius 1 is 1.11 bits per heavy atom. The number of likely N-dealkylation sites (tertiary alicyclic amines) is 2. The van der Waals surface area contributed by atoms with Crippen LogP contribution in [0, 0.1) is 5.41 Å². The number of amides is 2. The van der Waals surface area contributed by atoms with Gasteiger partial charge >= 0.3 is 0 Å². The van der Waals surface area contributed by atoms with Crippen LogP contribution in [-0.4, -0.2) is 90.6 Å². The second-order valence-corrected chi connectivity index (χ2v) is 12.1. The SMILES string of the molecule is CCO[C@H]1CN(C(=O)C(NC(=O)c2ccc(C3CCN(C4CC4)CC3)cc2)C(C)(C)C)[C@@H]2C(=O)CO[C@H]12. The van der Waals surface area contributed by atoms with Crippen LogP contribution < -0.4 is 5.32 Å². The first-order chi connectivity index (χ1) is 17.7. The number of rotatable bonds is 7. The van der Waals surface area contributed by atoms with Crippen LogP contribution in [0.4, 0.5) is 0 Å². The lowest BCUT2D eigenvalue weighted by molar-refractivity contribution is -0.140. The highest BCUT2D eigenvalue weighted by atomic mass is 16.6. The van der Waals surface area contributed by atoms with Gasteiger partial charge < -0.3 is 24.6 Å². The molecule has 2 amide bonds. The van der Waals surface area contributed by atoms with Gasteiger partial charge in [-0.05, 0) is 74.7 Å². The van der Waals surface area contributed by atoms with Crippen molar-refractivity contribution in [3.63, 3.8) is 0 Å². The van der Waals surface area contributed by atoms with Gasteiger partial charge in [0.1, 0.15) is 30.9 Å². The summed E-state index contributed by atoms with van der Waals surface area (Å²) in [6.07, 6.45) is 4.23. The minimum absolute atomic E-state index is 0.0127. The number of nitrogens with one attached hydrogen (secondary N) is 1. The highest BCUT2D eigenvalue weighted by Gasteiger charge is 2.54. The molecule has 0 radical (unpaired) electrons. The van der Waals surface area contributed by atoms with Gasteiger partial charge in [0.05, 0.1) is 6.54 Å². The maximum Gasteiger partial charge on any atom is 0.251 e. The largest absolute Gasteiger partial charge is 0.374 e. The van der Waals surface area contributed by atoms with Gasteiger partial charge in [-0.25, -0.2) is 0 Å². The molecular formula is C29H41N3O5. The van der Waals surface area contributed by atoms with Gasteiger partial charge in [0.15, 0.2) is 5.78 Å². The molecule has 8 heteroatoms. The molecule has 1 N–H and O–H groups in total. The molecule has 5 rings (SSSR count). The number of carbonyl (C=O) groups is 3. The van der Waals surface area contributed by atoms with Crippen molar-refractivity contribution in [2.75, 3.05) is 32.8 Å². The molecule has 0 aromatic heterocycles. The van der Waals surface area contributed by atoms with Crippen LogP contribution in [0.15, 0.2) is 24.3 Å². The van der Waals surface area contributed by atoms with Gasteiger partial charge in [-0.1, -0.05) is 32.9 Å². The average Bonchev–Trinajstić information content (AvgIpc) is 3.57. The van der Waals surface area contributed by atoms with Crippen LogP contribution in [0.3, 0.4) is 0 Å². The van der Waals surface area contributed by atoms with E-state index in [1.54, 1.807) is 4.90 Å². The van der Waals surface area contributed by atoms with Gasteiger partial charge in [-0.15, -0.1) is 0 Å². The fraction of sp³-hybridized carbons (Fsp3) is 0.690. The molecule has 3 aliphatic heterocycles. The molecular weight excluding hydrogens is 470 g/mol. The fourth-order valence-corrected chi connectivity index (χ4v) is 6.17. The molecule has 1 aliphatic carbocycles. The van der Waals surface area contributed by atoms with Crippen molar-refractivity contribution < 1.29 is 23.9 Å². The molecule has 37 heavy (non-hydrogen) atoms. The Morgan fingerprint density at radius 2 is 1.78 bits per heavy atom. The van der Waals surface area contributed by atoms with Crippen LogP contribution in [0.1, 0.15) is 75.2 Å². The van der Waals surface area contributed by atoms with Crippen molar-refractivity contribution in [2.45, 2.75) is 89.6 Å². The molecule has 1 aromatic carbocycles. The van der Waals surface area contributed by atoms with Crippen molar-refractivity contribution in [1.82, 2.24) is 15.1 Å². The number of Topliss-reactive ketones (excluding diaryl/α,β-unsaturated/α-hetero) is 1. The van der Waals surface area contributed by atoms with E-state index < -0.39 is 23.6 Å². The van der Waals surface area contributed by atoms with Crippen molar-refractivity contribution in [3.05, 3.63) is 35.4 Å². The van der Waals surface area contributed by atoms with E-state index in [2.05, 4.69) is 22.3 Å². The van der Waals surface area contributed by atoms with Crippen LogP contribution in [0.5, 0.6) is 0 Å². The van der Waals surface area contributed by atoms with Crippen molar-refractivity contribution in [3.8, 4) is 0 Å². The topological polar surface area (TPSA) is 88.2 Å². The van der Waals surface area contributed by atoms with Crippen LogP contribution in [0.2, 0.25) is 0 Å². The smallest absolute Gasteiger partial charge is 0.251 e. The first-order valence-electron chi connectivity index (χ1n) is 13.9. The zero-order valence-electron chi connectivity index (χ0n) is 22.6. The zero-order chi connectivity index (χ0) is 26.3. The number of nitrogens with zero attached hydrogens (tertiary/aromatic N) is 2. The molecule has 3 saturated heterocycles. The van der Waals surface area contributed by atoms with E-state index >= 15 is 0 Å². The van der Waals surface area contributed by atoms with E-state index in [0.717, 1.165) is 32.0 Å². The number of hydrogen-bond donors (Lipinski definition) is 1. The molecule has 1 saturated carbocycles. The zero-order valence-corrected chi connectivity index (χ0v) is 22.6. The minimum Gasteiger partial charge on any atom is -0.374 e. The summed E-state index contributed by atoms with van der Waals surface area (Å²) < 4.78 is 11.5. The van der Waals surface area contributed by atoms with Crippen molar-refractivity contribution >= 4 is 17.6 Å². The number of piperidine rings is 1. The van der Waals surface area contributed by atoms with Crippen LogP contribution >= 0.6 is 0 Å². The molecule has 1 unspecified atom stereocenters. The second kappa shape index (κ2) is 10.5. The number of ether oxygens (including phenoxy) is 2. The van der Waals surface area contributed by atoms with Crippen LogP contribution in [0.25, 0.3) is 0 Å². The highest BCUT2D eigenvalue weighted by Crippen LogP contribution is 2.35. The monoisotopic (exact) mass is 511 g/mol. The summed E-state index contributed by atoms with van der Waals surface area (Å²) in [6.45, 7) is 10.7. The molecule has 4 aliphatic rings. The van der Waals surface area contributed by atoms with Crippen LogP contribution in [-0.2, 0) is 19.1 Å². The third-order valence-electron chi connectivity index (χ3n) is 8.43. The van der Waals surface area contributed by atoms with Gasteiger partial charge in [-0.3, -0.25) is 14.4 Å². The molecule has 0 spiro atoms. The first kappa shape index (κ1) is 26.3. The van der Waals surface area contributed by atoms with E-state index in [1.165, 1.54) is 18.4 Å². The van der Waals surface area contributed by atoms with Gasteiger partial charge in [-0.2, -0.15) is 0 Å². The second-order valence-electron chi connectivity index (χ2n) is 12.1. The van der Waals surface area contributed by atoms with E-state index in [9.17, 15) is 14.4 Å². The molecule has 3 heterocycles. The Labute approximate surface area is 220 Å². The number of carbonyl (C=O) groups excluding carboxylic acids is 3. The Kier molecular flexibility index (Phi) is 7.44. The van der Waals surface area contributed by atoms with Crippen molar-refractivity contribution in [1.29, 1.82) is 0 Å². The molecule has 4 fully saturated rings. The highest BCUT2D eigenvalue weighted by molar-refractivity contribution is 5.99. The lowest BCUT2D eigenvalue weighted by Crippen LogP contribution is -2.57. The average molecular weight is 512 g/mol. The molecule has 8 nitrogen and oxygen atoms in total. The quantitative estimate of drug-likeness (QED) is 0.606. The normalized spacial score (nSPS) is 27.8. The summed E-state index contributed by atoms with van der Waals surface area (Å²) in [7, 11) is 0. The predicted octanol–water partition coefficient (Wildman–Crippen LogP) is 2.76. The molecule has 4 atom stereocenters. The Balaban J connectivity index is 1.25. The van der Waals surface area contributed by atoms with E-state index in [4.69, 9.17) is 9.47 Å². The lowest BCUT2D eigenvalue weighted by atomic mass is 9.85. The summed E-state index contributed by atoms with van der Waals surface area (Å²) in [6, 6.07) is 7.23. The summed E-state index contributed by atoms with van der Waals surface area (Å²) in [5.74, 6) is -0.132. The molecule has 202 valence electrons. The third kappa shape index (κ3) is 5.47. The fourth-order valence-electron chi connectivity index (χ4n) is 6.17. The van der Waals surface area contributed by atoms with E-state index in [0.29, 0.717) is 18.1 Å². The summed E-state index contributed by atoms with van der Waals surface area (Å²) >= 11 is 0. The first-order valence-corrected chi connectivity index (χ1v) is 13.9. The number of hydrogen-bond acceptors (Lipinski definition) is 6. The van der Waals surface area contributed by atoms with Gasteiger partial charge in [0.25, 0.3) is 5.91 Å². The molecule has 0 bridgehead atoms. The van der Waals surface area contributed by atoms with Gasteiger partial charge in [0.2, 0.25) is 5.91 Å². The molecule has 1 aromatic rings. The predicted molar refractivity (Wildman–Crippen MR) is 139 cm³/mol. The maximum atomic E-state index is 13.8.